The van der Waals surface area contributed by atoms with Gasteiger partial charge in [-0.05, 0) is 40.0 Å². The molecule has 18 heavy (non-hydrogen) atoms. The van der Waals surface area contributed by atoms with E-state index in [1.807, 2.05) is 0 Å². The molecule has 0 atom stereocenters. The molecule has 0 unspecified atom stereocenters. The van der Waals surface area contributed by atoms with E-state index in [0.717, 1.165) is 24.4 Å². The smallest absolute Gasteiger partial charge is 0.181 e. The quantitative estimate of drug-likeness (QED) is 0.883. The lowest BCUT2D eigenvalue weighted by Crippen LogP contribution is -2.36. The summed E-state index contributed by atoms with van der Waals surface area (Å²) in [6.45, 7) is 9.61. The van der Waals surface area contributed by atoms with Crippen LogP contribution in [-0.4, -0.2) is 10.5 Å². The van der Waals surface area contributed by atoms with Crippen LogP contribution < -0.4 is 5.32 Å². The third kappa shape index (κ3) is 2.77. The van der Waals surface area contributed by atoms with Gasteiger partial charge in [-0.2, -0.15) is 0 Å². The summed E-state index contributed by atoms with van der Waals surface area (Å²) in [5.41, 5.74) is 1.48. The molecule has 1 aromatic heterocycles. The largest absolute Gasteiger partial charge is 0.448 e. The van der Waals surface area contributed by atoms with Crippen LogP contribution in [0.3, 0.4) is 0 Å². The number of aromatic nitrogens is 1. The first kappa shape index (κ1) is 13.6. The molecule has 1 heterocycles. The summed E-state index contributed by atoms with van der Waals surface area (Å²) in [6, 6.07) is 0. The Labute approximate surface area is 110 Å². The van der Waals surface area contributed by atoms with Crippen LogP contribution in [0, 0.1) is 0 Å². The number of oxazole rings is 1. The Hall–Kier alpha value is -0.830. The van der Waals surface area contributed by atoms with E-state index in [1.165, 1.54) is 25.7 Å². The molecule has 0 aliphatic heterocycles. The van der Waals surface area contributed by atoms with Gasteiger partial charge in [0.15, 0.2) is 6.39 Å². The topological polar surface area (TPSA) is 38.1 Å². The fourth-order valence-electron chi connectivity index (χ4n) is 2.97. The molecule has 102 valence electrons. The molecular weight excluding hydrogens is 224 g/mol. The van der Waals surface area contributed by atoms with E-state index in [9.17, 15) is 0 Å². The van der Waals surface area contributed by atoms with Crippen LogP contribution in [0.25, 0.3) is 0 Å². The van der Waals surface area contributed by atoms with Crippen molar-refractivity contribution in [1.82, 2.24) is 10.3 Å². The van der Waals surface area contributed by atoms with E-state index in [-0.39, 0.29) is 11.0 Å². The monoisotopic (exact) mass is 250 g/mol. The fourth-order valence-corrected chi connectivity index (χ4v) is 2.97. The zero-order valence-corrected chi connectivity index (χ0v) is 12.2. The molecule has 0 bridgehead atoms. The Kier molecular flexibility index (Phi) is 3.81. The Balaban J connectivity index is 2.16. The number of hydrogen-bond acceptors (Lipinski definition) is 3. The van der Waals surface area contributed by atoms with E-state index in [4.69, 9.17) is 4.42 Å². The average Bonchev–Trinajstić information content (AvgIpc) is 2.95. The third-order valence-corrected chi connectivity index (χ3v) is 4.15. The first-order chi connectivity index (χ1) is 8.47. The Bertz CT molecular complexity index is 383. The zero-order valence-electron chi connectivity index (χ0n) is 12.2. The second kappa shape index (κ2) is 5.04. The van der Waals surface area contributed by atoms with Gasteiger partial charge in [0.1, 0.15) is 5.76 Å². The number of hydrogen-bond donors (Lipinski definition) is 1. The van der Waals surface area contributed by atoms with E-state index in [0.29, 0.717) is 0 Å². The highest BCUT2D eigenvalue weighted by atomic mass is 16.3. The molecule has 0 amide bonds. The molecule has 2 rings (SSSR count). The predicted octanol–water partition coefficient (Wildman–Crippen LogP) is 3.78. The molecule has 0 aromatic carbocycles. The van der Waals surface area contributed by atoms with Crippen molar-refractivity contribution >= 4 is 0 Å². The summed E-state index contributed by atoms with van der Waals surface area (Å²) in [7, 11) is 0. The second-order valence-corrected chi connectivity index (χ2v) is 6.57. The minimum Gasteiger partial charge on any atom is -0.448 e. The van der Waals surface area contributed by atoms with Crippen molar-refractivity contribution < 1.29 is 4.42 Å². The summed E-state index contributed by atoms with van der Waals surface area (Å²) < 4.78 is 5.76. The molecule has 0 radical (unpaired) electrons. The standard InChI is InChI=1S/C15H26N2O/c1-5-15(8-6-7-9-15)13-12(16-11-18-13)10-17-14(2,3)4/h11,17H,5-10H2,1-4H3. The predicted molar refractivity (Wildman–Crippen MR) is 73.5 cm³/mol. The lowest BCUT2D eigenvalue weighted by atomic mass is 9.80. The van der Waals surface area contributed by atoms with Crippen LogP contribution in [0.1, 0.15) is 71.3 Å². The number of nitrogens with one attached hydrogen (secondary N) is 1. The Morgan fingerprint density at radius 2 is 2.00 bits per heavy atom. The van der Waals surface area contributed by atoms with E-state index >= 15 is 0 Å². The summed E-state index contributed by atoms with van der Waals surface area (Å²) in [4.78, 5) is 4.43. The van der Waals surface area contributed by atoms with Crippen LogP contribution in [0.2, 0.25) is 0 Å². The highest BCUT2D eigenvalue weighted by Gasteiger charge is 2.38. The van der Waals surface area contributed by atoms with Gasteiger partial charge in [-0.15, -0.1) is 0 Å². The zero-order chi connectivity index (χ0) is 13.2. The molecular formula is C15H26N2O. The maximum Gasteiger partial charge on any atom is 0.181 e. The van der Waals surface area contributed by atoms with Crippen molar-refractivity contribution in [3.8, 4) is 0 Å². The van der Waals surface area contributed by atoms with Gasteiger partial charge in [0.05, 0.1) is 5.69 Å². The van der Waals surface area contributed by atoms with Crippen molar-refractivity contribution in [3.63, 3.8) is 0 Å². The Morgan fingerprint density at radius 3 is 2.56 bits per heavy atom. The summed E-state index contributed by atoms with van der Waals surface area (Å²) >= 11 is 0. The molecule has 3 heteroatoms. The van der Waals surface area contributed by atoms with Gasteiger partial charge in [-0.1, -0.05) is 19.8 Å². The SMILES string of the molecule is CCC1(c2ocnc2CNC(C)(C)C)CCCC1. The molecule has 1 saturated carbocycles. The Morgan fingerprint density at radius 1 is 1.33 bits per heavy atom. The minimum atomic E-state index is 0.116. The van der Waals surface area contributed by atoms with Crippen LogP contribution in [0.15, 0.2) is 10.8 Å². The molecule has 1 aromatic rings. The molecule has 1 aliphatic carbocycles. The number of nitrogens with zero attached hydrogens (tertiary/aromatic N) is 1. The third-order valence-electron chi connectivity index (χ3n) is 4.15. The second-order valence-electron chi connectivity index (χ2n) is 6.57. The summed E-state index contributed by atoms with van der Waals surface area (Å²) in [5, 5.41) is 3.51. The van der Waals surface area contributed by atoms with Gasteiger partial charge in [0, 0.05) is 17.5 Å². The lowest BCUT2D eigenvalue weighted by Gasteiger charge is -2.26. The first-order valence-corrected chi connectivity index (χ1v) is 7.15. The van der Waals surface area contributed by atoms with Crippen LogP contribution in [0.4, 0.5) is 0 Å². The highest BCUT2D eigenvalue weighted by molar-refractivity contribution is 5.21. The van der Waals surface area contributed by atoms with Crippen LogP contribution >= 0.6 is 0 Å². The van der Waals surface area contributed by atoms with Gasteiger partial charge in [0.2, 0.25) is 0 Å². The van der Waals surface area contributed by atoms with Crippen molar-refractivity contribution in [2.24, 2.45) is 0 Å². The first-order valence-electron chi connectivity index (χ1n) is 7.15. The van der Waals surface area contributed by atoms with Crippen molar-refractivity contribution in [2.45, 2.75) is 77.3 Å². The normalized spacial score (nSPS) is 19.3. The van der Waals surface area contributed by atoms with Gasteiger partial charge < -0.3 is 9.73 Å². The van der Waals surface area contributed by atoms with Crippen molar-refractivity contribution in [2.75, 3.05) is 0 Å². The van der Waals surface area contributed by atoms with E-state index in [2.05, 4.69) is 38.0 Å². The van der Waals surface area contributed by atoms with E-state index < -0.39 is 0 Å². The maximum atomic E-state index is 5.76. The number of rotatable bonds is 4. The molecule has 1 N–H and O–H groups in total. The molecule has 3 nitrogen and oxygen atoms in total. The summed E-state index contributed by atoms with van der Waals surface area (Å²) in [6.07, 6.45) is 7.92. The van der Waals surface area contributed by atoms with Gasteiger partial charge in [-0.25, -0.2) is 4.98 Å². The molecule has 0 saturated heterocycles. The van der Waals surface area contributed by atoms with Crippen LogP contribution in [-0.2, 0) is 12.0 Å². The van der Waals surface area contributed by atoms with E-state index in [1.54, 1.807) is 6.39 Å². The average molecular weight is 250 g/mol. The fraction of sp³-hybridized carbons (Fsp3) is 0.800. The molecule has 1 fully saturated rings. The lowest BCUT2D eigenvalue weighted by molar-refractivity contribution is 0.322. The maximum absolute atomic E-state index is 5.76. The van der Waals surface area contributed by atoms with Crippen LogP contribution in [0.5, 0.6) is 0 Å². The van der Waals surface area contributed by atoms with Gasteiger partial charge in [-0.3, -0.25) is 0 Å². The molecule has 1 aliphatic rings. The van der Waals surface area contributed by atoms with Crippen molar-refractivity contribution in [1.29, 1.82) is 0 Å². The minimum absolute atomic E-state index is 0.116. The van der Waals surface area contributed by atoms with Gasteiger partial charge >= 0.3 is 0 Å². The highest BCUT2D eigenvalue weighted by Crippen LogP contribution is 2.44. The summed E-state index contributed by atoms with van der Waals surface area (Å²) in [5.74, 6) is 1.14. The van der Waals surface area contributed by atoms with Gasteiger partial charge in [0.25, 0.3) is 0 Å². The van der Waals surface area contributed by atoms with Crippen molar-refractivity contribution in [3.05, 3.63) is 17.8 Å². The molecule has 0 spiro atoms.